The van der Waals surface area contributed by atoms with Crippen LogP contribution in [-0.4, -0.2) is 30.7 Å². The molecular weight excluding hydrogens is 282 g/mol. The van der Waals surface area contributed by atoms with E-state index in [1.165, 1.54) is 11.7 Å². The van der Waals surface area contributed by atoms with Gasteiger partial charge in [0, 0.05) is 5.39 Å². The minimum absolute atomic E-state index is 0.263. The third-order valence-corrected chi connectivity index (χ3v) is 3.58. The molecule has 1 aromatic heterocycles. The number of ether oxygens (including phenoxy) is 2. The van der Waals surface area contributed by atoms with Crippen molar-refractivity contribution in [2.45, 2.75) is 32.6 Å². The third-order valence-electron chi connectivity index (χ3n) is 3.58. The molecule has 0 aliphatic heterocycles. The number of carbonyl (C=O) groups excluding carboxylic acids is 2. The Labute approximate surface area is 129 Å². The Bertz CT molecular complexity index is 660. The second-order valence-corrected chi connectivity index (χ2v) is 5.07. The molecule has 2 rings (SSSR count). The number of unbranched alkanes of at least 4 members (excludes halogenated alkanes) is 3. The molecule has 1 aromatic carbocycles. The number of rotatable bonds is 7. The van der Waals surface area contributed by atoms with Gasteiger partial charge in [0.05, 0.1) is 24.8 Å². The Morgan fingerprint density at radius 1 is 1.23 bits per heavy atom. The standard InChI is InChI=1S/C17H21NO4/c1-3-4-5-8-11-22-16-14(12-19)13-9-6-7-10-15(13)18(16)17(20)21-2/h6-7,9-10,12H,3-5,8,11H2,1-2H3. The average Bonchev–Trinajstić information content (AvgIpc) is 2.87. The van der Waals surface area contributed by atoms with Crippen LogP contribution in [0.5, 0.6) is 5.88 Å². The molecule has 2 aromatic rings. The first kappa shape index (κ1) is 16.1. The lowest BCUT2D eigenvalue weighted by Crippen LogP contribution is -2.14. The molecule has 0 aliphatic rings. The highest BCUT2D eigenvalue weighted by Crippen LogP contribution is 2.31. The maximum absolute atomic E-state index is 12.1. The van der Waals surface area contributed by atoms with Gasteiger partial charge in [-0.1, -0.05) is 44.4 Å². The van der Waals surface area contributed by atoms with E-state index in [4.69, 9.17) is 9.47 Å². The number of methoxy groups -OCH3 is 1. The molecule has 0 amide bonds. The highest BCUT2D eigenvalue weighted by molar-refractivity contribution is 6.04. The summed E-state index contributed by atoms with van der Waals surface area (Å²) in [6, 6.07) is 7.19. The maximum atomic E-state index is 12.1. The van der Waals surface area contributed by atoms with Crippen molar-refractivity contribution in [1.82, 2.24) is 4.57 Å². The minimum atomic E-state index is -0.562. The summed E-state index contributed by atoms with van der Waals surface area (Å²) in [7, 11) is 1.31. The van der Waals surface area contributed by atoms with Crippen LogP contribution in [0.25, 0.3) is 10.9 Å². The van der Waals surface area contributed by atoms with Gasteiger partial charge in [-0.05, 0) is 12.5 Å². The predicted octanol–water partition coefficient (Wildman–Crippen LogP) is 4.03. The topological polar surface area (TPSA) is 57.5 Å². The molecule has 0 unspecified atom stereocenters. The molecule has 22 heavy (non-hydrogen) atoms. The second kappa shape index (κ2) is 7.64. The summed E-state index contributed by atoms with van der Waals surface area (Å²) in [6.45, 7) is 2.61. The lowest BCUT2D eigenvalue weighted by Gasteiger charge is -2.10. The molecule has 0 saturated carbocycles. The zero-order chi connectivity index (χ0) is 15.9. The van der Waals surface area contributed by atoms with Crippen molar-refractivity contribution in [3.8, 4) is 5.88 Å². The summed E-state index contributed by atoms with van der Waals surface area (Å²) >= 11 is 0. The summed E-state index contributed by atoms with van der Waals surface area (Å²) < 4.78 is 11.9. The molecule has 0 bridgehead atoms. The van der Waals surface area contributed by atoms with Crippen LogP contribution in [0, 0.1) is 0 Å². The SMILES string of the molecule is CCCCCCOc1c(C=O)c2ccccc2n1C(=O)OC. The fraction of sp³-hybridized carbons (Fsp3) is 0.412. The van der Waals surface area contributed by atoms with Gasteiger partial charge in [0.25, 0.3) is 0 Å². The average molecular weight is 303 g/mol. The van der Waals surface area contributed by atoms with Crippen molar-refractivity contribution >= 4 is 23.3 Å². The van der Waals surface area contributed by atoms with E-state index < -0.39 is 6.09 Å². The quantitative estimate of drug-likeness (QED) is 0.572. The number of fused-ring (bicyclic) bond motifs is 1. The van der Waals surface area contributed by atoms with E-state index in [0.29, 0.717) is 23.1 Å². The number of para-hydroxylation sites is 1. The van der Waals surface area contributed by atoms with E-state index in [-0.39, 0.29) is 5.88 Å². The van der Waals surface area contributed by atoms with Crippen LogP contribution in [0.3, 0.4) is 0 Å². The van der Waals surface area contributed by atoms with Gasteiger partial charge in [-0.3, -0.25) is 4.79 Å². The van der Waals surface area contributed by atoms with E-state index >= 15 is 0 Å². The van der Waals surface area contributed by atoms with Gasteiger partial charge >= 0.3 is 6.09 Å². The molecule has 118 valence electrons. The van der Waals surface area contributed by atoms with Crippen molar-refractivity contribution in [1.29, 1.82) is 0 Å². The summed E-state index contributed by atoms with van der Waals surface area (Å²) in [5, 5.41) is 0.687. The van der Waals surface area contributed by atoms with Crippen LogP contribution >= 0.6 is 0 Å². The Balaban J connectivity index is 2.37. The molecule has 0 saturated heterocycles. The van der Waals surface area contributed by atoms with Gasteiger partial charge in [0.1, 0.15) is 0 Å². The first-order chi connectivity index (χ1) is 10.7. The monoisotopic (exact) mass is 303 g/mol. The van der Waals surface area contributed by atoms with Crippen molar-refractivity contribution in [2.24, 2.45) is 0 Å². The van der Waals surface area contributed by atoms with E-state index in [9.17, 15) is 9.59 Å². The molecule has 0 fully saturated rings. The van der Waals surface area contributed by atoms with Crippen LogP contribution in [0.2, 0.25) is 0 Å². The third kappa shape index (κ3) is 3.13. The second-order valence-electron chi connectivity index (χ2n) is 5.07. The molecular formula is C17H21NO4. The highest BCUT2D eigenvalue weighted by Gasteiger charge is 2.22. The van der Waals surface area contributed by atoms with Gasteiger partial charge in [-0.15, -0.1) is 0 Å². The number of benzene rings is 1. The molecule has 0 N–H and O–H groups in total. The van der Waals surface area contributed by atoms with E-state index in [0.717, 1.165) is 32.0 Å². The number of carbonyl (C=O) groups is 2. The van der Waals surface area contributed by atoms with Crippen molar-refractivity contribution in [3.63, 3.8) is 0 Å². The largest absolute Gasteiger partial charge is 0.478 e. The lowest BCUT2D eigenvalue weighted by atomic mass is 10.2. The molecule has 0 aliphatic carbocycles. The van der Waals surface area contributed by atoms with E-state index in [1.54, 1.807) is 18.2 Å². The summed E-state index contributed by atoms with van der Waals surface area (Å²) in [6.07, 6.45) is 4.39. The van der Waals surface area contributed by atoms with Crippen LogP contribution in [-0.2, 0) is 4.74 Å². The van der Waals surface area contributed by atoms with Gasteiger partial charge < -0.3 is 9.47 Å². The zero-order valence-corrected chi connectivity index (χ0v) is 13.0. The van der Waals surface area contributed by atoms with Crippen LogP contribution in [0.15, 0.2) is 24.3 Å². The summed E-state index contributed by atoms with van der Waals surface area (Å²) in [5.41, 5.74) is 0.997. The highest BCUT2D eigenvalue weighted by atomic mass is 16.5. The van der Waals surface area contributed by atoms with Crippen LogP contribution in [0.4, 0.5) is 4.79 Å². The molecule has 5 heteroatoms. The summed E-state index contributed by atoms with van der Waals surface area (Å²) in [5.74, 6) is 0.263. The van der Waals surface area contributed by atoms with Crippen LogP contribution in [0.1, 0.15) is 43.0 Å². The number of aldehydes is 1. The zero-order valence-electron chi connectivity index (χ0n) is 13.0. The Hall–Kier alpha value is -2.30. The van der Waals surface area contributed by atoms with Crippen molar-refractivity contribution in [2.75, 3.05) is 13.7 Å². The first-order valence-electron chi connectivity index (χ1n) is 7.54. The molecule has 0 atom stereocenters. The summed E-state index contributed by atoms with van der Waals surface area (Å²) in [4.78, 5) is 23.5. The predicted molar refractivity (Wildman–Crippen MR) is 84.8 cm³/mol. The van der Waals surface area contributed by atoms with Crippen molar-refractivity contribution < 1.29 is 19.1 Å². The first-order valence-corrected chi connectivity index (χ1v) is 7.54. The fourth-order valence-electron chi connectivity index (χ4n) is 2.47. The lowest BCUT2D eigenvalue weighted by molar-refractivity contribution is 0.112. The fourth-order valence-corrected chi connectivity index (χ4v) is 2.47. The Kier molecular flexibility index (Phi) is 5.58. The normalized spacial score (nSPS) is 10.6. The van der Waals surface area contributed by atoms with Gasteiger partial charge in [-0.25, -0.2) is 9.36 Å². The maximum Gasteiger partial charge on any atom is 0.421 e. The van der Waals surface area contributed by atoms with Gasteiger partial charge in [0.15, 0.2) is 6.29 Å². The van der Waals surface area contributed by atoms with Crippen LogP contribution < -0.4 is 4.74 Å². The van der Waals surface area contributed by atoms with Gasteiger partial charge in [0.2, 0.25) is 5.88 Å². The smallest absolute Gasteiger partial charge is 0.421 e. The molecule has 0 radical (unpaired) electrons. The van der Waals surface area contributed by atoms with E-state index in [2.05, 4.69) is 6.92 Å². The Morgan fingerprint density at radius 3 is 2.68 bits per heavy atom. The number of aromatic nitrogens is 1. The number of nitrogens with zero attached hydrogens (tertiary/aromatic N) is 1. The van der Waals surface area contributed by atoms with Crippen molar-refractivity contribution in [3.05, 3.63) is 29.8 Å². The molecule has 5 nitrogen and oxygen atoms in total. The molecule has 0 spiro atoms. The number of hydrogen-bond donors (Lipinski definition) is 0. The number of hydrogen-bond acceptors (Lipinski definition) is 4. The minimum Gasteiger partial charge on any atom is -0.478 e. The Morgan fingerprint density at radius 2 is 2.00 bits per heavy atom. The van der Waals surface area contributed by atoms with E-state index in [1.807, 2.05) is 6.07 Å². The van der Waals surface area contributed by atoms with Gasteiger partial charge in [-0.2, -0.15) is 0 Å². The molecule has 1 heterocycles.